The summed E-state index contributed by atoms with van der Waals surface area (Å²) in [5, 5.41) is 2.91. The molecule has 0 radical (unpaired) electrons. The SMILES string of the molecule is CN1CCN(c2cnc(Nc3ncc4c(n3)N(C3CCCC3)C3(CCN(C)C3=O)C4)cc2C(F)(F)F)CC1. The molecule has 1 aliphatic carbocycles. The largest absolute Gasteiger partial charge is 0.418 e. The number of anilines is 4. The molecule has 1 spiro atoms. The molecule has 0 bridgehead atoms. The van der Waals surface area contributed by atoms with E-state index in [1.807, 2.05) is 14.1 Å². The minimum Gasteiger partial charge on any atom is -0.367 e. The Morgan fingerprint density at radius 1 is 1.03 bits per heavy atom. The average molecular weight is 531 g/mol. The van der Waals surface area contributed by atoms with Gasteiger partial charge in [0.1, 0.15) is 17.2 Å². The monoisotopic (exact) mass is 530 g/mol. The molecule has 2 saturated heterocycles. The molecular formula is C26H33F3N8O. The summed E-state index contributed by atoms with van der Waals surface area (Å²) >= 11 is 0. The third kappa shape index (κ3) is 4.22. The van der Waals surface area contributed by atoms with Crippen molar-refractivity contribution < 1.29 is 18.0 Å². The van der Waals surface area contributed by atoms with Gasteiger partial charge in [-0.15, -0.1) is 0 Å². The van der Waals surface area contributed by atoms with Crippen molar-refractivity contribution in [1.29, 1.82) is 0 Å². The third-order valence-corrected chi connectivity index (χ3v) is 8.58. The van der Waals surface area contributed by atoms with E-state index in [9.17, 15) is 18.0 Å². The maximum Gasteiger partial charge on any atom is 0.418 e. The number of pyridine rings is 1. The highest BCUT2D eigenvalue weighted by molar-refractivity contribution is 5.94. The molecular weight excluding hydrogens is 497 g/mol. The number of alkyl halides is 3. The fraction of sp³-hybridized carbons (Fsp3) is 0.615. The van der Waals surface area contributed by atoms with Gasteiger partial charge in [-0.05, 0) is 32.4 Å². The lowest BCUT2D eigenvalue weighted by Crippen LogP contribution is -2.56. The smallest absolute Gasteiger partial charge is 0.367 e. The van der Waals surface area contributed by atoms with E-state index in [2.05, 4.69) is 25.1 Å². The number of hydrogen-bond acceptors (Lipinski definition) is 8. The third-order valence-electron chi connectivity index (χ3n) is 8.58. The first kappa shape index (κ1) is 25.1. The Kier molecular flexibility index (Phi) is 6.12. The van der Waals surface area contributed by atoms with Gasteiger partial charge < -0.3 is 24.9 Å². The Balaban J connectivity index is 1.31. The summed E-state index contributed by atoms with van der Waals surface area (Å²) in [4.78, 5) is 34.6. The minimum atomic E-state index is -4.53. The van der Waals surface area contributed by atoms with Gasteiger partial charge >= 0.3 is 6.18 Å². The standard InChI is InChI=1S/C26H33F3N8O/c1-34-9-11-36(12-10-34)20-16-30-21(13-19(20)26(27,28)29)32-24-31-15-17-14-25(7-8-35(2)23(25)38)37(22(17)33-24)18-5-3-4-6-18/h13,15-16,18H,3-12,14H2,1-2H3,(H,30,31,32,33). The highest BCUT2D eigenvalue weighted by atomic mass is 19.4. The number of fused-ring (bicyclic) bond motifs is 1. The Labute approximate surface area is 220 Å². The molecule has 204 valence electrons. The van der Waals surface area contributed by atoms with Crippen LogP contribution in [0.4, 0.5) is 36.4 Å². The summed E-state index contributed by atoms with van der Waals surface area (Å²) in [6.07, 6.45) is 3.95. The Hall–Kier alpha value is -3.15. The van der Waals surface area contributed by atoms with Crippen molar-refractivity contribution in [1.82, 2.24) is 24.8 Å². The summed E-state index contributed by atoms with van der Waals surface area (Å²) in [6.45, 7) is 3.09. The maximum atomic E-state index is 14.1. The lowest BCUT2D eigenvalue weighted by molar-refractivity contribution is -0.137. The summed E-state index contributed by atoms with van der Waals surface area (Å²) in [7, 11) is 3.79. The summed E-state index contributed by atoms with van der Waals surface area (Å²) < 4.78 is 42.2. The molecule has 38 heavy (non-hydrogen) atoms. The Bertz CT molecular complexity index is 1230. The molecule has 6 rings (SSSR count). The van der Waals surface area contributed by atoms with E-state index in [1.165, 1.54) is 6.20 Å². The van der Waals surface area contributed by atoms with Crippen molar-refractivity contribution in [2.75, 3.05) is 61.9 Å². The predicted molar refractivity (Wildman–Crippen MR) is 138 cm³/mol. The number of piperazine rings is 1. The average Bonchev–Trinajstić information content (AvgIpc) is 3.59. The van der Waals surface area contributed by atoms with E-state index in [1.54, 1.807) is 16.0 Å². The van der Waals surface area contributed by atoms with Crippen LogP contribution >= 0.6 is 0 Å². The van der Waals surface area contributed by atoms with Gasteiger partial charge in [0, 0.05) is 64.0 Å². The normalized spacial score (nSPS) is 24.7. The van der Waals surface area contributed by atoms with Gasteiger partial charge in [-0.2, -0.15) is 18.2 Å². The number of hydrogen-bond donors (Lipinski definition) is 1. The van der Waals surface area contributed by atoms with Gasteiger partial charge in [0.2, 0.25) is 11.9 Å². The van der Waals surface area contributed by atoms with Crippen LogP contribution in [0.25, 0.3) is 0 Å². The number of likely N-dealkylation sites (tertiary alicyclic amines) is 1. The van der Waals surface area contributed by atoms with Gasteiger partial charge in [0.15, 0.2) is 0 Å². The molecule has 5 heterocycles. The van der Waals surface area contributed by atoms with Crippen LogP contribution in [0.1, 0.15) is 43.2 Å². The second-order valence-corrected chi connectivity index (χ2v) is 11.0. The zero-order valence-corrected chi connectivity index (χ0v) is 21.8. The van der Waals surface area contributed by atoms with Gasteiger partial charge in [0.05, 0.1) is 17.4 Å². The number of likely N-dealkylation sites (N-methyl/N-ethyl adjacent to an activating group) is 2. The minimum absolute atomic E-state index is 0.0342. The molecule has 3 fully saturated rings. The molecule has 9 nitrogen and oxygen atoms in total. The quantitative estimate of drug-likeness (QED) is 0.645. The van der Waals surface area contributed by atoms with Gasteiger partial charge in [-0.25, -0.2) is 9.97 Å². The lowest BCUT2D eigenvalue weighted by Gasteiger charge is -2.39. The van der Waals surface area contributed by atoms with Crippen LogP contribution in [0.5, 0.6) is 0 Å². The molecule has 1 atom stereocenters. The molecule has 2 aromatic rings. The number of nitrogens with zero attached hydrogens (tertiary/aromatic N) is 7. The number of carbonyl (C=O) groups is 1. The lowest BCUT2D eigenvalue weighted by atomic mass is 9.91. The van der Waals surface area contributed by atoms with E-state index in [0.717, 1.165) is 43.7 Å². The van der Waals surface area contributed by atoms with Gasteiger partial charge in [-0.3, -0.25) is 4.79 Å². The van der Waals surface area contributed by atoms with Crippen molar-refractivity contribution in [3.63, 3.8) is 0 Å². The molecule has 1 unspecified atom stereocenters. The zero-order valence-electron chi connectivity index (χ0n) is 21.8. The Morgan fingerprint density at radius 3 is 2.42 bits per heavy atom. The fourth-order valence-electron chi connectivity index (χ4n) is 6.54. The van der Waals surface area contributed by atoms with Crippen LogP contribution in [0.2, 0.25) is 0 Å². The van der Waals surface area contributed by atoms with Crippen molar-refractivity contribution >= 4 is 29.2 Å². The molecule has 12 heteroatoms. The summed E-state index contributed by atoms with van der Waals surface area (Å²) in [5.41, 5.74) is -0.387. The number of halogens is 3. The first-order valence-corrected chi connectivity index (χ1v) is 13.3. The molecule has 3 aliphatic heterocycles. The molecule has 1 amide bonds. The predicted octanol–water partition coefficient (Wildman–Crippen LogP) is 3.29. The fourth-order valence-corrected chi connectivity index (χ4v) is 6.54. The van der Waals surface area contributed by atoms with Crippen molar-refractivity contribution in [3.8, 4) is 0 Å². The van der Waals surface area contributed by atoms with Crippen LogP contribution in [0.3, 0.4) is 0 Å². The van der Waals surface area contributed by atoms with Gasteiger partial charge in [-0.1, -0.05) is 12.8 Å². The zero-order chi connectivity index (χ0) is 26.7. The molecule has 0 aromatic carbocycles. The van der Waals surface area contributed by atoms with Crippen LogP contribution in [0.15, 0.2) is 18.5 Å². The summed E-state index contributed by atoms with van der Waals surface area (Å²) in [6, 6.07) is 1.25. The van der Waals surface area contributed by atoms with E-state index >= 15 is 0 Å². The number of rotatable bonds is 4. The maximum absolute atomic E-state index is 14.1. The molecule has 1 N–H and O–H groups in total. The summed E-state index contributed by atoms with van der Waals surface area (Å²) in [5.74, 6) is 1.03. The van der Waals surface area contributed by atoms with Crippen molar-refractivity contribution in [3.05, 3.63) is 29.6 Å². The van der Waals surface area contributed by atoms with Crippen LogP contribution < -0.4 is 15.1 Å². The molecule has 2 aromatic heterocycles. The van der Waals surface area contributed by atoms with Crippen LogP contribution in [-0.2, 0) is 17.4 Å². The topological polar surface area (TPSA) is 80.7 Å². The number of amides is 1. The first-order valence-electron chi connectivity index (χ1n) is 13.3. The second-order valence-electron chi connectivity index (χ2n) is 11.0. The molecule has 1 saturated carbocycles. The number of nitrogens with one attached hydrogen (secondary N) is 1. The van der Waals surface area contributed by atoms with Crippen molar-refractivity contribution in [2.45, 2.75) is 56.3 Å². The number of aromatic nitrogens is 3. The highest BCUT2D eigenvalue weighted by Gasteiger charge is 2.57. The first-order chi connectivity index (χ1) is 18.2. The second kappa shape index (κ2) is 9.25. The van der Waals surface area contributed by atoms with E-state index in [4.69, 9.17) is 4.98 Å². The molecule has 4 aliphatic rings. The van der Waals surface area contributed by atoms with Gasteiger partial charge in [0.25, 0.3) is 0 Å². The van der Waals surface area contributed by atoms with Crippen molar-refractivity contribution in [2.24, 2.45) is 0 Å². The van der Waals surface area contributed by atoms with E-state index in [0.29, 0.717) is 45.0 Å². The van der Waals surface area contributed by atoms with E-state index < -0.39 is 17.3 Å². The van der Waals surface area contributed by atoms with E-state index in [-0.39, 0.29) is 29.4 Å². The Morgan fingerprint density at radius 2 is 1.76 bits per heavy atom. The highest BCUT2D eigenvalue weighted by Crippen LogP contribution is 2.47. The van der Waals surface area contributed by atoms with Crippen LogP contribution in [0, 0.1) is 0 Å². The number of carbonyl (C=O) groups excluding carboxylic acids is 1. The van der Waals surface area contributed by atoms with Crippen LogP contribution in [-0.4, -0.2) is 89.1 Å².